The zero-order valence-corrected chi connectivity index (χ0v) is 9.30. The van der Waals surface area contributed by atoms with Crippen LogP contribution in [-0.2, 0) is 0 Å². The quantitative estimate of drug-likeness (QED) is 0.876. The number of nitrogens with zero attached hydrogens (tertiary/aromatic N) is 2. The molecule has 1 heterocycles. The maximum Gasteiger partial charge on any atom is 0.124 e. The van der Waals surface area contributed by atoms with E-state index in [4.69, 9.17) is 10.5 Å². The number of rotatable bonds is 3. The predicted molar refractivity (Wildman–Crippen MR) is 61.0 cm³/mol. The van der Waals surface area contributed by atoms with Gasteiger partial charge in [-0.05, 0) is 18.2 Å². The highest BCUT2D eigenvalue weighted by molar-refractivity contribution is 5.39. The van der Waals surface area contributed by atoms with Crippen molar-refractivity contribution < 1.29 is 9.13 Å². The van der Waals surface area contributed by atoms with Gasteiger partial charge in [0.15, 0.2) is 0 Å². The minimum atomic E-state index is -0.561. The molecule has 2 aromatic rings. The lowest BCUT2D eigenvalue weighted by Gasteiger charge is -2.14. The van der Waals surface area contributed by atoms with Crippen LogP contribution in [0.5, 0.6) is 5.75 Å². The van der Waals surface area contributed by atoms with Crippen molar-refractivity contribution in [1.82, 2.24) is 9.97 Å². The van der Waals surface area contributed by atoms with E-state index >= 15 is 0 Å². The van der Waals surface area contributed by atoms with Crippen LogP contribution in [0.4, 0.5) is 4.39 Å². The Morgan fingerprint density at radius 3 is 2.82 bits per heavy atom. The Balaban J connectivity index is 2.43. The molecule has 5 heteroatoms. The summed E-state index contributed by atoms with van der Waals surface area (Å²) in [6.45, 7) is 0. The van der Waals surface area contributed by atoms with Crippen molar-refractivity contribution in [3.05, 3.63) is 53.9 Å². The lowest BCUT2D eigenvalue weighted by Crippen LogP contribution is -2.15. The molecule has 88 valence electrons. The number of hydrogen-bond donors (Lipinski definition) is 1. The zero-order valence-electron chi connectivity index (χ0n) is 9.30. The van der Waals surface area contributed by atoms with Gasteiger partial charge in [0, 0.05) is 18.0 Å². The number of ether oxygens (including phenoxy) is 1. The number of aromatic nitrogens is 2. The first-order valence-corrected chi connectivity index (χ1v) is 5.07. The summed E-state index contributed by atoms with van der Waals surface area (Å²) in [5.41, 5.74) is 7.13. The van der Waals surface area contributed by atoms with Gasteiger partial charge in [-0.25, -0.2) is 4.39 Å². The van der Waals surface area contributed by atoms with Crippen LogP contribution < -0.4 is 10.5 Å². The Labute approximate surface area is 98.3 Å². The summed E-state index contributed by atoms with van der Waals surface area (Å²) < 4.78 is 18.4. The van der Waals surface area contributed by atoms with E-state index in [0.29, 0.717) is 17.0 Å². The molecule has 2 N–H and O–H groups in total. The minimum absolute atomic E-state index is 0.361. The smallest absolute Gasteiger partial charge is 0.124 e. The van der Waals surface area contributed by atoms with Crippen molar-refractivity contribution in [3.63, 3.8) is 0 Å². The van der Waals surface area contributed by atoms with E-state index in [1.807, 2.05) is 0 Å². The molecule has 0 bridgehead atoms. The third-order valence-corrected chi connectivity index (χ3v) is 2.43. The number of methoxy groups -OCH3 is 1. The van der Waals surface area contributed by atoms with Crippen molar-refractivity contribution in [2.24, 2.45) is 5.73 Å². The van der Waals surface area contributed by atoms with Crippen molar-refractivity contribution in [2.75, 3.05) is 7.11 Å². The molecule has 0 fully saturated rings. The van der Waals surface area contributed by atoms with Gasteiger partial charge in [0.05, 0.1) is 25.0 Å². The van der Waals surface area contributed by atoms with Gasteiger partial charge in [-0.2, -0.15) is 0 Å². The predicted octanol–water partition coefficient (Wildman–Crippen LogP) is 1.67. The minimum Gasteiger partial charge on any atom is -0.496 e. The van der Waals surface area contributed by atoms with Gasteiger partial charge in [-0.15, -0.1) is 0 Å². The highest BCUT2D eigenvalue weighted by Crippen LogP contribution is 2.27. The van der Waals surface area contributed by atoms with E-state index in [1.165, 1.54) is 19.2 Å². The SMILES string of the molecule is COc1ccc(F)cc1C(N)c1cnccn1. The fourth-order valence-electron chi connectivity index (χ4n) is 1.58. The van der Waals surface area contributed by atoms with Gasteiger partial charge >= 0.3 is 0 Å². The summed E-state index contributed by atoms with van der Waals surface area (Å²) in [5.74, 6) is 0.171. The van der Waals surface area contributed by atoms with E-state index in [1.54, 1.807) is 24.7 Å². The Bertz CT molecular complexity index is 504. The summed E-state index contributed by atoms with van der Waals surface area (Å²) in [7, 11) is 1.51. The number of benzene rings is 1. The highest BCUT2D eigenvalue weighted by atomic mass is 19.1. The molecule has 4 nitrogen and oxygen atoms in total. The summed E-state index contributed by atoms with van der Waals surface area (Å²) >= 11 is 0. The van der Waals surface area contributed by atoms with E-state index in [-0.39, 0.29) is 5.82 Å². The van der Waals surface area contributed by atoms with Gasteiger partial charge in [-0.3, -0.25) is 9.97 Å². The maximum absolute atomic E-state index is 13.2. The number of halogens is 1. The van der Waals surface area contributed by atoms with Crippen molar-refractivity contribution in [2.45, 2.75) is 6.04 Å². The first-order chi connectivity index (χ1) is 8.22. The second kappa shape index (κ2) is 4.88. The van der Waals surface area contributed by atoms with Crippen molar-refractivity contribution in [3.8, 4) is 5.75 Å². The lowest BCUT2D eigenvalue weighted by molar-refractivity contribution is 0.406. The Kier molecular flexibility index (Phi) is 3.30. The van der Waals surface area contributed by atoms with E-state index in [9.17, 15) is 4.39 Å². The molecule has 1 aromatic carbocycles. The van der Waals surface area contributed by atoms with Crippen LogP contribution >= 0.6 is 0 Å². The molecule has 0 aliphatic carbocycles. The van der Waals surface area contributed by atoms with Crippen LogP contribution in [0.25, 0.3) is 0 Å². The van der Waals surface area contributed by atoms with Crippen LogP contribution in [0.2, 0.25) is 0 Å². The van der Waals surface area contributed by atoms with E-state index in [2.05, 4.69) is 9.97 Å². The van der Waals surface area contributed by atoms with Gasteiger partial charge in [0.25, 0.3) is 0 Å². The molecule has 17 heavy (non-hydrogen) atoms. The first kappa shape index (κ1) is 11.5. The first-order valence-electron chi connectivity index (χ1n) is 5.07. The van der Waals surface area contributed by atoms with Gasteiger partial charge in [0.1, 0.15) is 11.6 Å². The molecular weight excluding hydrogens is 221 g/mol. The van der Waals surface area contributed by atoms with Crippen LogP contribution in [0, 0.1) is 5.82 Å². The molecule has 1 aromatic heterocycles. The molecule has 1 unspecified atom stereocenters. The normalized spacial score (nSPS) is 12.2. The zero-order chi connectivity index (χ0) is 12.3. The summed E-state index contributed by atoms with van der Waals surface area (Å²) in [6.07, 6.45) is 4.65. The third kappa shape index (κ3) is 2.39. The molecule has 0 spiro atoms. The van der Waals surface area contributed by atoms with E-state index < -0.39 is 6.04 Å². The lowest BCUT2D eigenvalue weighted by atomic mass is 10.0. The average Bonchev–Trinajstić information content (AvgIpc) is 2.39. The summed E-state index contributed by atoms with van der Waals surface area (Å²) in [6, 6.07) is 3.65. The largest absolute Gasteiger partial charge is 0.496 e. The summed E-state index contributed by atoms with van der Waals surface area (Å²) in [5, 5.41) is 0. The Morgan fingerprint density at radius 1 is 1.35 bits per heavy atom. The standard InChI is InChI=1S/C12H12FN3O/c1-17-11-3-2-8(13)6-9(11)12(14)10-7-15-4-5-16-10/h2-7,12H,14H2,1H3. The fraction of sp³-hybridized carbons (Fsp3) is 0.167. The fourth-order valence-corrected chi connectivity index (χ4v) is 1.58. The molecular formula is C12H12FN3O. The monoisotopic (exact) mass is 233 g/mol. The average molecular weight is 233 g/mol. The Morgan fingerprint density at radius 2 is 2.18 bits per heavy atom. The molecule has 0 radical (unpaired) electrons. The van der Waals surface area contributed by atoms with Crippen molar-refractivity contribution in [1.29, 1.82) is 0 Å². The van der Waals surface area contributed by atoms with E-state index in [0.717, 1.165) is 0 Å². The second-order valence-corrected chi connectivity index (χ2v) is 3.49. The molecule has 1 atom stereocenters. The molecule has 2 rings (SSSR count). The highest BCUT2D eigenvalue weighted by Gasteiger charge is 2.16. The topological polar surface area (TPSA) is 61.0 Å². The second-order valence-electron chi connectivity index (χ2n) is 3.49. The summed E-state index contributed by atoms with van der Waals surface area (Å²) in [4.78, 5) is 8.03. The third-order valence-electron chi connectivity index (χ3n) is 2.43. The molecule has 0 saturated heterocycles. The van der Waals surface area contributed by atoms with Gasteiger partial charge in [0.2, 0.25) is 0 Å². The number of hydrogen-bond acceptors (Lipinski definition) is 4. The Hall–Kier alpha value is -2.01. The molecule has 0 aliphatic heterocycles. The van der Waals surface area contributed by atoms with Gasteiger partial charge < -0.3 is 10.5 Å². The molecule has 0 saturated carbocycles. The van der Waals surface area contributed by atoms with Crippen LogP contribution in [0.1, 0.15) is 17.3 Å². The van der Waals surface area contributed by atoms with Crippen LogP contribution in [-0.4, -0.2) is 17.1 Å². The molecule has 0 amide bonds. The maximum atomic E-state index is 13.2. The van der Waals surface area contributed by atoms with Gasteiger partial charge in [-0.1, -0.05) is 0 Å². The molecule has 0 aliphatic rings. The van der Waals surface area contributed by atoms with Crippen molar-refractivity contribution >= 4 is 0 Å². The van der Waals surface area contributed by atoms with Crippen LogP contribution in [0.15, 0.2) is 36.8 Å². The number of nitrogens with two attached hydrogens (primary N) is 1. The van der Waals surface area contributed by atoms with Crippen LogP contribution in [0.3, 0.4) is 0 Å².